The van der Waals surface area contributed by atoms with Gasteiger partial charge in [-0.25, -0.2) is 5.48 Å². The molecule has 0 aromatic carbocycles. The summed E-state index contributed by atoms with van der Waals surface area (Å²) in [5, 5.41) is 34.4. The molecular formula is C8H13N7O6. The predicted molar refractivity (Wildman–Crippen MR) is 65.1 cm³/mol. The first kappa shape index (κ1) is 18.6. The van der Waals surface area contributed by atoms with Gasteiger partial charge in [0.25, 0.3) is 0 Å². The van der Waals surface area contributed by atoms with E-state index in [1.54, 1.807) is 5.48 Å². The van der Waals surface area contributed by atoms with E-state index < -0.39 is 43.4 Å². The smallest absolute Gasteiger partial charge is 0.249 e. The molecule has 1 amide bonds. The van der Waals surface area contributed by atoms with E-state index in [9.17, 15) is 24.9 Å². The van der Waals surface area contributed by atoms with Crippen molar-refractivity contribution in [2.45, 2.75) is 24.4 Å². The van der Waals surface area contributed by atoms with Gasteiger partial charge in [0.2, 0.25) is 5.91 Å². The third-order valence-corrected chi connectivity index (χ3v) is 2.13. The van der Waals surface area contributed by atoms with E-state index in [0.29, 0.717) is 0 Å². The second kappa shape index (κ2) is 10.4. The van der Waals surface area contributed by atoms with E-state index in [0.717, 1.165) is 0 Å². The zero-order valence-corrected chi connectivity index (χ0v) is 10.6. The molecule has 116 valence electrons. The van der Waals surface area contributed by atoms with E-state index in [1.165, 1.54) is 0 Å². The number of carbonyl (C=O) groups excluding carboxylic acids is 2. The summed E-state index contributed by atoms with van der Waals surface area (Å²) in [5.41, 5.74) is 17.7. The van der Waals surface area contributed by atoms with Crippen LogP contribution in [-0.4, -0.2) is 65.0 Å². The Hall–Kier alpha value is -2.40. The van der Waals surface area contributed by atoms with E-state index in [2.05, 4.69) is 24.9 Å². The predicted octanol–water partition coefficient (Wildman–Crippen LogP) is -1.69. The van der Waals surface area contributed by atoms with Crippen LogP contribution in [0.4, 0.5) is 0 Å². The maximum absolute atomic E-state index is 11.0. The summed E-state index contributed by atoms with van der Waals surface area (Å²) in [5.74, 6) is -0.893. The quantitative estimate of drug-likeness (QED) is 0.121. The average molecular weight is 303 g/mol. The SMILES string of the molecule is [N-]=[N+]=NCC(=O)NO[C@@H](C=O)[C@@H](O)[C@H](O)[C@H](O)CN=[N+]=[N-]. The van der Waals surface area contributed by atoms with Crippen molar-refractivity contribution in [1.82, 2.24) is 5.48 Å². The van der Waals surface area contributed by atoms with Gasteiger partial charge in [-0.3, -0.25) is 9.63 Å². The lowest BCUT2D eigenvalue weighted by Gasteiger charge is -2.25. The Labute approximate surface area is 117 Å². The van der Waals surface area contributed by atoms with E-state index in [4.69, 9.17) is 11.1 Å². The van der Waals surface area contributed by atoms with Gasteiger partial charge in [-0.15, -0.1) is 0 Å². The number of nitrogens with zero attached hydrogens (tertiary/aromatic N) is 6. The zero-order chi connectivity index (χ0) is 16.3. The lowest BCUT2D eigenvalue weighted by Crippen LogP contribution is -2.49. The highest BCUT2D eigenvalue weighted by molar-refractivity contribution is 5.77. The van der Waals surface area contributed by atoms with Gasteiger partial charge in [0.1, 0.15) is 18.8 Å². The lowest BCUT2D eigenvalue weighted by atomic mass is 10.0. The molecule has 0 fully saturated rings. The van der Waals surface area contributed by atoms with Gasteiger partial charge in [-0.05, 0) is 11.1 Å². The monoisotopic (exact) mass is 303 g/mol. The minimum atomic E-state index is -1.90. The number of azide groups is 2. The van der Waals surface area contributed by atoms with E-state index in [1.807, 2.05) is 0 Å². The first-order valence-electron chi connectivity index (χ1n) is 5.43. The molecule has 0 heterocycles. The number of hydrogen-bond donors (Lipinski definition) is 4. The fraction of sp³-hybridized carbons (Fsp3) is 0.750. The van der Waals surface area contributed by atoms with Crippen molar-refractivity contribution in [3.05, 3.63) is 20.9 Å². The van der Waals surface area contributed by atoms with Crippen LogP contribution in [0.3, 0.4) is 0 Å². The number of nitrogens with one attached hydrogen (secondary N) is 1. The van der Waals surface area contributed by atoms with Crippen molar-refractivity contribution in [2.75, 3.05) is 13.1 Å². The van der Waals surface area contributed by atoms with Crippen LogP contribution >= 0.6 is 0 Å². The van der Waals surface area contributed by atoms with Crippen molar-refractivity contribution in [2.24, 2.45) is 10.2 Å². The van der Waals surface area contributed by atoms with Gasteiger partial charge in [-0.1, -0.05) is 10.2 Å². The molecule has 0 aliphatic carbocycles. The third-order valence-electron chi connectivity index (χ3n) is 2.13. The number of rotatable bonds is 10. The Morgan fingerprint density at radius 1 is 1.24 bits per heavy atom. The summed E-state index contributed by atoms with van der Waals surface area (Å²) in [6.07, 6.45) is -7.02. The highest BCUT2D eigenvalue weighted by Gasteiger charge is 2.32. The Kier molecular flexibility index (Phi) is 9.21. The van der Waals surface area contributed by atoms with Crippen LogP contribution < -0.4 is 5.48 Å². The van der Waals surface area contributed by atoms with E-state index >= 15 is 0 Å². The molecule has 13 heteroatoms. The molecule has 0 saturated carbocycles. The fourth-order valence-corrected chi connectivity index (χ4v) is 1.09. The molecule has 0 aromatic rings. The highest BCUT2D eigenvalue weighted by Crippen LogP contribution is 2.07. The summed E-state index contributed by atoms with van der Waals surface area (Å²) < 4.78 is 0. The fourth-order valence-electron chi connectivity index (χ4n) is 1.09. The van der Waals surface area contributed by atoms with E-state index in [-0.39, 0.29) is 6.29 Å². The Morgan fingerprint density at radius 2 is 1.86 bits per heavy atom. The molecule has 0 aliphatic heterocycles. The summed E-state index contributed by atoms with van der Waals surface area (Å²) >= 11 is 0. The number of hydroxylamine groups is 1. The van der Waals surface area contributed by atoms with Gasteiger partial charge in [0, 0.05) is 9.82 Å². The normalized spacial score (nSPS) is 15.6. The molecule has 4 N–H and O–H groups in total. The van der Waals surface area contributed by atoms with Crippen LogP contribution in [-0.2, 0) is 14.4 Å². The van der Waals surface area contributed by atoms with Crippen molar-refractivity contribution >= 4 is 12.2 Å². The average Bonchev–Trinajstić information content (AvgIpc) is 2.49. The molecular weight excluding hydrogens is 290 g/mol. The number of aliphatic hydroxyl groups excluding tert-OH is 3. The van der Waals surface area contributed by atoms with Crippen LogP contribution in [0.5, 0.6) is 0 Å². The first-order valence-corrected chi connectivity index (χ1v) is 5.43. The molecule has 13 nitrogen and oxygen atoms in total. The second-order valence-electron chi connectivity index (χ2n) is 3.59. The highest BCUT2D eigenvalue weighted by atomic mass is 16.7. The molecule has 0 saturated heterocycles. The van der Waals surface area contributed by atoms with Gasteiger partial charge in [0.15, 0.2) is 12.4 Å². The van der Waals surface area contributed by atoms with Crippen LogP contribution in [0.2, 0.25) is 0 Å². The van der Waals surface area contributed by atoms with Crippen LogP contribution in [0, 0.1) is 0 Å². The third kappa shape index (κ3) is 7.08. The van der Waals surface area contributed by atoms with Gasteiger partial charge < -0.3 is 20.1 Å². The number of aliphatic hydroxyl groups is 3. The number of carbonyl (C=O) groups is 2. The summed E-state index contributed by atoms with van der Waals surface area (Å²) in [4.78, 5) is 30.9. The van der Waals surface area contributed by atoms with Crippen molar-refractivity contribution < 1.29 is 29.7 Å². The number of amides is 1. The van der Waals surface area contributed by atoms with Crippen LogP contribution in [0.1, 0.15) is 0 Å². The lowest BCUT2D eigenvalue weighted by molar-refractivity contribution is -0.163. The van der Waals surface area contributed by atoms with Crippen molar-refractivity contribution in [3.8, 4) is 0 Å². The zero-order valence-electron chi connectivity index (χ0n) is 10.6. The molecule has 0 rings (SSSR count). The van der Waals surface area contributed by atoms with Crippen molar-refractivity contribution in [3.63, 3.8) is 0 Å². The van der Waals surface area contributed by atoms with Gasteiger partial charge in [-0.2, -0.15) is 0 Å². The molecule has 0 bridgehead atoms. The Balaban J connectivity index is 4.49. The molecule has 0 spiro atoms. The molecule has 0 radical (unpaired) electrons. The van der Waals surface area contributed by atoms with Gasteiger partial charge >= 0.3 is 0 Å². The topological polar surface area (TPSA) is 214 Å². The second-order valence-corrected chi connectivity index (χ2v) is 3.59. The maximum atomic E-state index is 11.0. The largest absolute Gasteiger partial charge is 0.390 e. The molecule has 4 atom stereocenters. The standard InChI is InChI=1S/C8H13N7O6/c9-14-11-1-4(17)7(19)8(20)5(3-16)21-13-6(18)2-12-15-10/h3-5,7-8,17,19-20H,1-2H2,(H,13,18)/t4-,5+,7-,8-/m1/s1. The summed E-state index contributed by atoms with van der Waals surface area (Å²) in [7, 11) is 0. The summed E-state index contributed by atoms with van der Waals surface area (Å²) in [6, 6.07) is 0. The minimum Gasteiger partial charge on any atom is -0.390 e. The molecule has 0 aromatic heterocycles. The van der Waals surface area contributed by atoms with Gasteiger partial charge in [0.05, 0.1) is 12.6 Å². The maximum Gasteiger partial charge on any atom is 0.249 e. The molecule has 0 unspecified atom stereocenters. The summed E-state index contributed by atoms with van der Waals surface area (Å²) in [6.45, 7) is -1.14. The van der Waals surface area contributed by atoms with Crippen molar-refractivity contribution in [1.29, 1.82) is 0 Å². The Morgan fingerprint density at radius 3 is 2.38 bits per heavy atom. The Bertz CT molecular complexity index is 446. The molecule has 0 aliphatic rings. The minimum absolute atomic E-state index is 0.0714. The number of hydrogen-bond acceptors (Lipinski definition) is 8. The number of aldehydes is 1. The molecule has 21 heavy (non-hydrogen) atoms. The first-order chi connectivity index (χ1) is 9.97. The van der Waals surface area contributed by atoms with Crippen LogP contribution in [0.15, 0.2) is 10.2 Å². The van der Waals surface area contributed by atoms with Crippen LogP contribution in [0.25, 0.3) is 20.9 Å².